The number of nitrogens with zero attached hydrogens (tertiary/aromatic N) is 2. The van der Waals surface area contributed by atoms with Gasteiger partial charge in [-0.25, -0.2) is 9.55 Å². The lowest BCUT2D eigenvalue weighted by Crippen LogP contribution is -2.32. The van der Waals surface area contributed by atoms with Crippen molar-refractivity contribution in [1.29, 1.82) is 0 Å². The summed E-state index contributed by atoms with van der Waals surface area (Å²) in [5.41, 5.74) is 1.83. The van der Waals surface area contributed by atoms with E-state index in [1.165, 1.54) is 12.3 Å². The average Bonchev–Trinajstić information content (AvgIpc) is 3.09. The summed E-state index contributed by atoms with van der Waals surface area (Å²) in [5.74, 6) is 0. The molecule has 144 valence electrons. The topological polar surface area (TPSA) is 29.9 Å². The third kappa shape index (κ3) is 3.19. The molecular weight excluding hydrogens is 344 g/mol. The first-order chi connectivity index (χ1) is 16.3. The number of hydrogen-bond acceptors (Lipinski definition) is 2. The lowest BCUT2D eigenvalue weighted by molar-refractivity contribution is -0.660. The van der Waals surface area contributed by atoms with Crippen LogP contribution >= 0.6 is 0 Å². The number of hydrogen-bond donors (Lipinski definition) is 0. The molecule has 0 radical (unpaired) electrons. The van der Waals surface area contributed by atoms with Crippen LogP contribution in [0.15, 0.2) is 40.9 Å². The average molecular weight is 382 g/mol. The van der Waals surface area contributed by atoms with E-state index < -0.39 is 25.5 Å². The molecule has 0 aliphatic rings. The largest absolute Gasteiger partial charge is 0.437 e. The molecule has 0 N–H and O–H groups in total. The van der Waals surface area contributed by atoms with Crippen molar-refractivity contribution in [3.8, 4) is 11.3 Å². The van der Waals surface area contributed by atoms with Crippen LogP contribution in [0.4, 0.5) is 0 Å². The predicted octanol–water partition coefficient (Wildman–Crippen LogP) is 5.99. The molecule has 0 aliphatic heterocycles. The van der Waals surface area contributed by atoms with Crippen molar-refractivity contribution in [3.63, 3.8) is 0 Å². The highest BCUT2D eigenvalue weighted by molar-refractivity contribution is 6.08. The van der Waals surface area contributed by atoms with E-state index in [1.807, 2.05) is 19.1 Å². The Kier molecular flexibility index (Phi) is 2.61. The number of rotatable bonds is 2. The normalized spacial score (nSPS) is 17.9. The van der Waals surface area contributed by atoms with E-state index >= 15 is 0 Å². The molecule has 0 unspecified atom stereocenters. The van der Waals surface area contributed by atoms with Gasteiger partial charge in [-0.2, -0.15) is 0 Å². The Labute approximate surface area is 178 Å². The van der Waals surface area contributed by atoms with Crippen molar-refractivity contribution >= 4 is 22.1 Å². The van der Waals surface area contributed by atoms with Crippen molar-refractivity contribution in [3.05, 3.63) is 58.9 Å². The first-order valence-corrected chi connectivity index (χ1v) is 9.22. The molecule has 3 aromatic heterocycles. The van der Waals surface area contributed by atoms with Crippen molar-refractivity contribution < 1.29 is 20.0 Å². The van der Waals surface area contributed by atoms with Gasteiger partial charge in [0, 0.05) is 39.1 Å². The van der Waals surface area contributed by atoms with E-state index in [-0.39, 0.29) is 22.5 Å². The summed E-state index contributed by atoms with van der Waals surface area (Å²) in [4.78, 5) is 4.24. The smallest absolute Gasteiger partial charge is 0.227 e. The Morgan fingerprint density at radius 1 is 1.11 bits per heavy atom. The van der Waals surface area contributed by atoms with E-state index in [0.717, 1.165) is 10.9 Å². The minimum absolute atomic E-state index is 0.0490. The Morgan fingerprint density at radius 2 is 1.89 bits per heavy atom. The van der Waals surface area contributed by atoms with E-state index in [2.05, 4.69) is 4.98 Å². The van der Waals surface area contributed by atoms with Gasteiger partial charge in [-0.1, -0.05) is 32.9 Å². The van der Waals surface area contributed by atoms with Crippen LogP contribution in [0, 0.1) is 26.0 Å². The molecule has 0 amide bonds. The molecule has 3 heteroatoms. The summed E-state index contributed by atoms with van der Waals surface area (Å²) < 4.78 is 72.7. The Hall–Kier alpha value is -2.68. The zero-order valence-corrected chi connectivity index (χ0v) is 16.8. The zero-order valence-electron chi connectivity index (χ0n) is 24.8. The van der Waals surface area contributed by atoms with Crippen LogP contribution in [0.5, 0.6) is 0 Å². The molecular formula is C25H29N2O+. The Balaban J connectivity index is 2.08. The minimum Gasteiger partial charge on any atom is -0.437 e. The minimum atomic E-state index is -2.51. The van der Waals surface area contributed by atoms with Gasteiger partial charge in [0.2, 0.25) is 11.4 Å². The summed E-state index contributed by atoms with van der Waals surface area (Å²) in [6, 6.07) is 8.52. The summed E-state index contributed by atoms with van der Waals surface area (Å²) in [6.45, 7) is 2.21. The van der Waals surface area contributed by atoms with Crippen LogP contribution in [0.1, 0.15) is 54.1 Å². The molecule has 0 bridgehead atoms. The second-order valence-corrected chi connectivity index (χ2v) is 8.26. The van der Waals surface area contributed by atoms with E-state index in [9.17, 15) is 0 Å². The maximum absolute atomic E-state index is 8.88. The van der Waals surface area contributed by atoms with Gasteiger partial charge in [-0.15, -0.1) is 0 Å². The molecule has 1 aromatic carbocycles. The van der Waals surface area contributed by atoms with Crippen LogP contribution in [0.3, 0.4) is 0 Å². The van der Waals surface area contributed by atoms with Crippen LogP contribution in [-0.4, -0.2) is 4.98 Å². The van der Waals surface area contributed by atoms with Crippen LogP contribution in [0.25, 0.3) is 33.3 Å². The molecule has 0 saturated carbocycles. The fraction of sp³-hybridized carbons (Fsp3) is 0.360. The Morgan fingerprint density at radius 3 is 2.61 bits per heavy atom. The SMILES string of the molecule is [2H]C([2H])([2H])c1ccc2c(n1)oc1c(-c3cc(C([2H])([2H])C(C)(C)C)c(C([2H])([2H])[2H])c[n+]3C)c(C)ccc12. The lowest BCUT2D eigenvalue weighted by Gasteiger charge is -2.19. The molecule has 28 heavy (non-hydrogen) atoms. The molecule has 0 spiro atoms. The number of furan rings is 1. The van der Waals surface area contributed by atoms with Crippen LogP contribution in [-0.2, 0) is 13.4 Å². The highest BCUT2D eigenvalue weighted by Crippen LogP contribution is 2.37. The van der Waals surface area contributed by atoms with Gasteiger partial charge in [0.05, 0.1) is 5.56 Å². The van der Waals surface area contributed by atoms with Crippen molar-refractivity contribution in [1.82, 2.24) is 4.98 Å². The number of pyridine rings is 2. The third-order valence-corrected chi connectivity index (χ3v) is 4.75. The predicted molar refractivity (Wildman–Crippen MR) is 115 cm³/mol. The van der Waals surface area contributed by atoms with E-state index in [4.69, 9.17) is 15.4 Å². The molecule has 4 aromatic rings. The van der Waals surface area contributed by atoms with Crippen LogP contribution < -0.4 is 4.57 Å². The molecule has 0 aliphatic carbocycles. The third-order valence-electron chi connectivity index (χ3n) is 4.75. The fourth-order valence-corrected chi connectivity index (χ4v) is 3.54. The summed E-state index contributed by atoms with van der Waals surface area (Å²) in [6.07, 6.45) is -0.487. The number of fused-ring (bicyclic) bond motifs is 3. The zero-order chi connectivity index (χ0) is 27.0. The fourth-order valence-electron chi connectivity index (χ4n) is 3.54. The maximum atomic E-state index is 8.88. The monoisotopic (exact) mass is 381 g/mol. The van der Waals surface area contributed by atoms with E-state index in [1.54, 1.807) is 44.5 Å². The maximum Gasteiger partial charge on any atom is 0.227 e. The molecule has 4 rings (SSSR count). The second-order valence-electron chi connectivity index (χ2n) is 8.26. The van der Waals surface area contributed by atoms with Crippen LogP contribution in [0.2, 0.25) is 0 Å². The number of aromatic nitrogens is 2. The van der Waals surface area contributed by atoms with Gasteiger partial charge in [0.15, 0.2) is 11.8 Å². The quantitative estimate of drug-likeness (QED) is 0.399. The molecule has 0 fully saturated rings. The highest BCUT2D eigenvalue weighted by atomic mass is 16.3. The first-order valence-electron chi connectivity index (χ1n) is 13.2. The van der Waals surface area contributed by atoms with Gasteiger partial charge < -0.3 is 4.42 Å². The number of aryl methyl sites for hydroxylation is 4. The first kappa shape index (κ1) is 11.4. The van der Waals surface area contributed by atoms with Gasteiger partial charge in [0.25, 0.3) is 0 Å². The standard InChI is InChI=1S/C25H29N2O/c1-15-8-10-19-20-11-9-17(3)26-24(20)28-23(19)22(15)21-12-18(13-25(4,5)6)16(2)14-27(21)7/h8-12,14H,13H2,1-7H3/q+1/i2D3,3D3,13D2. The van der Waals surface area contributed by atoms with Gasteiger partial charge >= 0.3 is 0 Å². The van der Waals surface area contributed by atoms with Gasteiger partial charge in [0.1, 0.15) is 7.05 Å². The molecule has 3 heterocycles. The number of benzene rings is 1. The molecule has 0 saturated heterocycles. The molecule has 0 atom stereocenters. The van der Waals surface area contributed by atoms with Crippen molar-refractivity contribution in [2.24, 2.45) is 12.5 Å². The Bertz CT molecular complexity index is 1490. The van der Waals surface area contributed by atoms with Gasteiger partial charge in [-0.05, 0) is 55.7 Å². The second kappa shape index (κ2) is 6.44. The summed E-state index contributed by atoms with van der Waals surface area (Å²) >= 11 is 0. The highest BCUT2D eigenvalue weighted by Gasteiger charge is 2.23. The summed E-state index contributed by atoms with van der Waals surface area (Å²) in [7, 11) is 1.72. The molecule has 3 nitrogen and oxygen atoms in total. The summed E-state index contributed by atoms with van der Waals surface area (Å²) in [5, 5.41) is 1.39. The van der Waals surface area contributed by atoms with E-state index in [0.29, 0.717) is 22.2 Å². The van der Waals surface area contributed by atoms with Crippen molar-refractivity contribution in [2.45, 2.75) is 47.8 Å². The lowest BCUT2D eigenvalue weighted by atomic mass is 9.86. The van der Waals surface area contributed by atoms with Crippen molar-refractivity contribution in [2.75, 3.05) is 0 Å². The van der Waals surface area contributed by atoms with Gasteiger partial charge in [-0.3, -0.25) is 0 Å².